The molecule has 1 amide bonds. The first-order valence-electron chi connectivity index (χ1n) is 6.77. The van der Waals surface area contributed by atoms with E-state index in [1.54, 1.807) is 11.3 Å². The Morgan fingerprint density at radius 3 is 2.94 bits per heavy atom. The van der Waals surface area contributed by atoms with Crippen LogP contribution in [0.25, 0.3) is 0 Å². The molecule has 1 fully saturated rings. The first-order valence-corrected chi connectivity index (χ1v) is 7.59. The summed E-state index contributed by atoms with van der Waals surface area (Å²) in [6.45, 7) is 5.99. The normalized spacial score (nSPS) is 23.9. The molecule has 100 valence electrons. The molecular weight excluding hydrogens is 244 g/mol. The quantitative estimate of drug-likeness (QED) is 0.878. The van der Waals surface area contributed by atoms with Crippen LogP contribution < -0.4 is 10.6 Å². The van der Waals surface area contributed by atoms with E-state index in [1.807, 2.05) is 0 Å². The standard InChI is InChI=1S/C14H22N2OS/c1-3-11-4-5-12(18-11)9-16-14(17)13-8-10(2)6-7-15-13/h4-5,10,13,15H,3,6-9H2,1-2H3,(H,16,17). The number of nitrogens with one attached hydrogen (secondary N) is 2. The monoisotopic (exact) mass is 266 g/mol. The summed E-state index contributed by atoms with van der Waals surface area (Å²) in [4.78, 5) is 14.6. The van der Waals surface area contributed by atoms with E-state index in [2.05, 4.69) is 36.6 Å². The molecule has 0 radical (unpaired) electrons. The van der Waals surface area contributed by atoms with Crippen molar-refractivity contribution in [2.75, 3.05) is 6.54 Å². The van der Waals surface area contributed by atoms with Gasteiger partial charge < -0.3 is 10.6 Å². The number of carbonyl (C=O) groups is 1. The van der Waals surface area contributed by atoms with E-state index in [1.165, 1.54) is 16.2 Å². The summed E-state index contributed by atoms with van der Waals surface area (Å²) in [5.41, 5.74) is 0. The number of carbonyl (C=O) groups excluding carboxylic acids is 1. The molecule has 2 atom stereocenters. The lowest BCUT2D eigenvalue weighted by molar-refractivity contribution is -0.124. The zero-order chi connectivity index (χ0) is 13.0. The summed E-state index contributed by atoms with van der Waals surface area (Å²) in [6, 6.07) is 4.26. The van der Waals surface area contributed by atoms with Gasteiger partial charge in [0.15, 0.2) is 0 Å². The van der Waals surface area contributed by atoms with Crippen LogP contribution in [0.3, 0.4) is 0 Å². The average Bonchev–Trinajstić information content (AvgIpc) is 2.84. The number of aryl methyl sites for hydroxylation is 1. The molecular formula is C14H22N2OS. The number of hydrogen-bond donors (Lipinski definition) is 2. The van der Waals surface area contributed by atoms with Gasteiger partial charge in [-0.2, -0.15) is 0 Å². The highest BCUT2D eigenvalue weighted by Gasteiger charge is 2.24. The van der Waals surface area contributed by atoms with E-state index in [-0.39, 0.29) is 11.9 Å². The molecule has 3 nitrogen and oxygen atoms in total. The Hall–Kier alpha value is -0.870. The maximum atomic E-state index is 12.0. The molecule has 1 aromatic rings. The Morgan fingerprint density at radius 1 is 1.50 bits per heavy atom. The van der Waals surface area contributed by atoms with Gasteiger partial charge in [-0.1, -0.05) is 13.8 Å². The topological polar surface area (TPSA) is 41.1 Å². The van der Waals surface area contributed by atoms with Crippen LogP contribution in [-0.2, 0) is 17.8 Å². The van der Waals surface area contributed by atoms with Gasteiger partial charge in [0.2, 0.25) is 5.91 Å². The molecule has 0 bridgehead atoms. The van der Waals surface area contributed by atoms with Crippen LogP contribution >= 0.6 is 11.3 Å². The largest absolute Gasteiger partial charge is 0.350 e. The van der Waals surface area contributed by atoms with Crippen molar-refractivity contribution in [3.05, 3.63) is 21.9 Å². The summed E-state index contributed by atoms with van der Waals surface area (Å²) < 4.78 is 0. The van der Waals surface area contributed by atoms with E-state index >= 15 is 0 Å². The zero-order valence-electron chi connectivity index (χ0n) is 11.2. The van der Waals surface area contributed by atoms with Gasteiger partial charge in [-0.3, -0.25) is 4.79 Å². The molecule has 4 heteroatoms. The molecule has 1 aliphatic rings. The van der Waals surface area contributed by atoms with Crippen LogP contribution in [0.2, 0.25) is 0 Å². The van der Waals surface area contributed by atoms with E-state index in [0.717, 1.165) is 19.4 Å². The van der Waals surface area contributed by atoms with Gasteiger partial charge in [-0.25, -0.2) is 0 Å². The Kier molecular flexibility index (Phi) is 4.78. The Labute approximate surface area is 113 Å². The first kappa shape index (κ1) is 13.6. The molecule has 0 saturated carbocycles. The number of amides is 1. The van der Waals surface area contributed by atoms with Crippen molar-refractivity contribution in [1.29, 1.82) is 0 Å². The van der Waals surface area contributed by atoms with Gasteiger partial charge in [0, 0.05) is 9.75 Å². The maximum absolute atomic E-state index is 12.0. The van der Waals surface area contributed by atoms with Crippen LogP contribution in [0.15, 0.2) is 12.1 Å². The third kappa shape index (κ3) is 3.56. The van der Waals surface area contributed by atoms with E-state index in [0.29, 0.717) is 12.5 Å². The summed E-state index contributed by atoms with van der Waals surface area (Å²) in [6.07, 6.45) is 3.20. The molecule has 1 aliphatic heterocycles. The smallest absolute Gasteiger partial charge is 0.237 e. The van der Waals surface area contributed by atoms with Crippen LogP contribution in [0.5, 0.6) is 0 Å². The van der Waals surface area contributed by atoms with E-state index in [9.17, 15) is 4.79 Å². The van der Waals surface area contributed by atoms with Gasteiger partial charge in [0.25, 0.3) is 0 Å². The van der Waals surface area contributed by atoms with Crippen LogP contribution in [0.1, 0.15) is 36.4 Å². The molecule has 2 rings (SSSR count). The molecule has 0 aromatic carbocycles. The van der Waals surface area contributed by atoms with Crippen LogP contribution in [0, 0.1) is 5.92 Å². The summed E-state index contributed by atoms with van der Waals surface area (Å²) in [7, 11) is 0. The van der Waals surface area contributed by atoms with Gasteiger partial charge >= 0.3 is 0 Å². The second kappa shape index (κ2) is 6.34. The minimum atomic E-state index is -0.000595. The lowest BCUT2D eigenvalue weighted by atomic mass is 9.94. The van der Waals surface area contributed by atoms with E-state index < -0.39 is 0 Å². The Morgan fingerprint density at radius 2 is 2.28 bits per heavy atom. The van der Waals surface area contributed by atoms with Crippen molar-refractivity contribution in [2.45, 2.75) is 45.7 Å². The predicted molar refractivity (Wildman–Crippen MR) is 75.7 cm³/mol. The predicted octanol–water partition coefficient (Wildman–Crippen LogP) is 2.31. The maximum Gasteiger partial charge on any atom is 0.237 e. The van der Waals surface area contributed by atoms with Gasteiger partial charge in [0.05, 0.1) is 12.6 Å². The second-order valence-electron chi connectivity index (χ2n) is 5.08. The first-order chi connectivity index (χ1) is 8.69. The Bertz CT molecular complexity index is 402. The highest BCUT2D eigenvalue weighted by atomic mass is 32.1. The molecule has 2 heterocycles. The summed E-state index contributed by atoms with van der Waals surface area (Å²) in [5.74, 6) is 0.795. The summed E-state index contributed by atoms with van der Waals surface area (Å²) in [5, 5.41) is 6.33. The highest BCUT2D eigenvalue weighted by molar-refractivity contribution is 7.11. The molecule has 0 aliphatic carbocycles. The fourth-order valence-electron chi connectivity index (χ4n) is 2.31. The van der Waals surface area contributed by atoms with Crippen molar-refractivity contribution in [2.24, 2.45) is 5.92 Å². The second-order valence-corrected chi connectivity index (χ2v) is 6.33. The number of rotatable bonds is 4. The number of piperidine rings is 1. The lowest BCUT2D eigenvalue weighted by Gasteiger charge is -2.27. The number of thiophene rings is 1. The fraction of sp³-hybridized carbons (Fsp3) is 0.643. The zero-order valence-corrected chi connectivity index (χ0v) is 12.0. The molecule has 0 spiro atoms. The van der Waals surface area contributed by atoms with Gasteiger partial charge in [0.1, 0.15) is 0 Å². The third-order valence-corrected chi connectivity index (χ3v) is 4.71. The minimum absolute atomic E-state index is 0.000595. The van der Waals surface area contributed by atoms with Crippen molar-refractivity contribution in [3.63, 3.8) is 0 Å². The van der Waals surface area contributed by atoms with Crippen molar-refractivity contribution in [1.82, 2.24) is 10.6 Å². The molecule has 2 N–H and O–H groups in total. The Balaban J connectivity index is 1.80. The van der Waals surface area contributed by atoms with Crippen molar-refractivity contribution < 1.29 is 4.79 Å². The van der Waals surface area contributed by atoms with E-state index in [4.69, 9.17) is 0 Å². The third-order valence-electron chi connectivity index (χ3n) is 3.49. The highest BCUT2D eigenvalue weighted by Crippen LogP contribution is 2.17. The van der Waals surface area contributed by atoms with Crippen molar-refractivity contribution >= 4 is 17.2 Å². The lowest BCUT2D eigenvalue weighted by Crippen LogP contribution is -2.48. The molecule has 2 unspecified atom stereocenters. The van der Waals surface area contributed by atoms with Gasteiger partial charge in [-0.15, -0.1) is 11.3 Å². The molecule has 18 heavy (non-hydrogen) atoms. The van der Waals surface area contributed by atoms with Crippen LogP contribution in [0.4, 0.5) is 0 Å². The minimum Gasteiger partial charge on any atom is -0.350 e. The SMILES string of the molecule is CCc1ccc(CNC(=O)C2CC(C)CCN2)s1. The summed E-state index contributed by atoms with van der Waals surface area (Å²) >= 11 is 1.79. The number of hydrogen-bond acceptors (Lipinski definition) is 3. The van der Waals surface area contributed by atoms with Gasteiger partial charge in [-0.05, 0) is 43.9 Å². The van der Waals surface area contributed by atoms with Crippen LogP contribution in [-0.4, -0.2) is 18.5 Å². The van der Waals surface area contributed by atoms with Crippen molar-refractivity contribution in [3.8, 4) is 0 Å². The fourth-order valence-corrected chi connectivity index (χ4v) is 3.21. The molecule has 1 saturated heterocycles. The molecule has 1 aromatic heterocycles. The average molecular weight is 266 g/mol.